The minimum absolute atomic E-state index is 0.665. The van der Waals surface area contributed by atoms with Crippen molar-refractivity contribution in [1.29, 1.82) is 0 Å². The lowest BCUT2D eigenvalue weighted by Crippen LogP contribution is -2.00. The first-order chi connectivity index (χ1) is 7.69. The molecule has 0 aliphatic rings. The molecule has 16 heavy (non-hydrogen) atoms. The molecular formula is C13H18Cl2O. The standard InChI is InChI=1S/C13H18Cl2O/c1-3-7-16-13-8-10(2)12(15)9-11(13)5-4-6-14/h8-9H,3-7H2,1-2H3. The highest BCUT2D eigenvalue weighted by atomic mass is 35.5. The van der Waals surface area contributed by atoms with Crippen LogP contribution in [-0.2, 0) is 6.42 Å². The van der Waals surface area contributed by atoms with Gasteiger partial charge in [-0.25, -0.2) is 0 Å². The second-order valence-corrected chi connectivity index (χ2v) is 4.64. The van der Waals surface area contributed by atoms with Crippen molar-refractivity contribution in [1.82, 2.24) is 0 Å². The number of halogens is 2. The van der Waals surface area contributed by atoms with Crippen LogP contribution < -0.4 is 4.74 Å². The third-order valence-electron chi connectivity index (χ3n) is 2.38. The van der Waals surface area contributed by atoms with E-state index >= 15 is 0 Å². The Hall–Kier alpha value is -0.400. The molecule has 0 amide bonds. The predicted octanol–water partition coefficient (Wildman–Crippen LogP) is 4.61. The summed E-state index contributed by atoms with van der Waals surface area (Å²) in [6, 6.07) is 4.01. The Morgan fingerprint density at radius 1 is 1.31 bits per heavy atom. The molecule has 0 fully saturated rings. The highest BCUT2D eigenvalue weighted by Gasteiger charge is 2.07. The maximum absolute atomic E-state index is 6.11. The quantitative estimate of drug-likeness (QED) is 0.679. The molecule has 0 unspecified atom stereocenters. The van der Waals surface area contributed by atoms with E-state index < -0.39 is 0 Å². The lowest BCUT2D eigenvalue weighted by atomic mass is 10.1. The third kappa shape index (κ3) is 3.88. The minimum atomic E-state index is 0.665. The molecule has 0 bridgehead atoms. The van der Waals surface area contributed by atoms with E-state index in [1.165, 1.54) is 0 Å². The summed E-state index contributed by atoms with van der Waals surface area (Å²) in [5.41, 5.74) is 2.21. The second-order valence-electron chi connectivity index (χ2n) is 3.85. The van der Waals surface area contributed by atoms with Crippen molar-refractivity contribution in [3.05, 3.63) is 28.3 Å². The number of alkyl halides is 1. The lowest BCUT2D eigenvalue weighted by Gasteiger charge is -2.12. The molecule has 0 aliphatic carbocycles. The van der Waals surface area contributed by atoms with Crippen LogP contribution in [0.5, 0.6) is 5.75 Å². The van der Waals surface area contributed by atoms with Crippen LogP contribution in [0.25, 0.3) is 0 Å². The average Bonchev–Trinajstić information content (AvgIpc) is 2.28. The molecule has 0 atom stereocenters. The number of rotatable bonds is 6. The lowest BCUT2D eigenvalue weighted by molar-refractivity contribution is 0.314. The van der Waals surface area contributed by atoms with Crippen LogP contribution >= 0.6 is 23.2 Å². The number of aryl methyl sites for hydroxylation is 2. The molecule has 3 heteroatoms. The van der Waals surface area contributed by atoms with Crippen LogP contribution in [0, 0.1) is 6.92 Å². The Morgan fingerprint density at radius 3 is 2.69 bits per heavy atom. The van der Waals surface area contributed by atoms with Gasteiger partial charge in [-0.3, -0.25) is 0 Å². The van der Waals surface area contributed by atoms with E-state index in [-0.39, 0.29) is 0 Å². The number of benzene rings is 1. The smallest absolute Gasteiger partial charge is 0.122 e. The van der Waals surface area contributed by atoms with Gasteiger partial charge in [0.25, 0.3) is 0 Å². The molecule has 1 rings (SSSR count). The Morgan fingerprint density at radius 2 is 2.06 bits per heavy atom. The first-order valence-corrected chi connectivity index (χ1v) is 6.58. The van der Waals surface area contributed by atoms with Gasteiger partial charge in [0.1, 0.15) is 5.75 Å². The molecule has 1 aromatic carbocycles. The summed E-state index contributed by atoms with van der Waals surface area (Å²) >= 11 is 11.8. The maximum Gasteiger partial charge on any atom is 0.122 e. The molecule has 1 nitrogen and oxygen atoms in total. The van der Waals surface area contributed by atoms with Gasteiger partial charge in [-0.1, -0.05) is 18.5 Å². The van der Waals surface area contributed by atoms with E-state index in [9.17, 15) is 0 Å². The SMILES string of the molecule is CCCOc1cc(C)c(Cl)cc1CCCCl. The summed E-state index contributed by atoms with van der Waals surface area (Å²) in [5, 5.41) is 0.799. The largest absolute Gasteiger partial charge is 0.493 e. The van der Waals surface area contributed by atoms with Crippen LogP contribution in [0.1, 0.15) is 30.9 Å². The topological polar surface area (TPSA) is 9.23 Å². The van der Waals surface area contributed by atoms with Gasteiger partial charge < -0.3 is 4.74 Å². The molecule has 0 spiro atoms. The van der Waals surface area contributed by atoms with Gasteiger partial charge in [0, 0.05) is 10.9 Å². The van der Waals surface area contributed by atoms with Crippen LogP contribution in [0.15, 0.2) is 12.1 Å². The molecule has 0 aromatic heterocycles. The molecule has 0 saturated heterocycles. The van der Waals surface area contributed by atoms with Gasteiger partial charge in [-0.05, 0) is 49.4 Å². The first kappa shape index (κ1) is 13.7. The first-order valence-electron chi connectivity index (χ1n) is 5.66. The van der Waals surface area contributed by atoms with E-state index in [1.807, 2.05) is 19.1 Å². The summed E-state index contributed by atoms with van der Waals surface area (Å²) in [5.74, 6) is 1.62. The summed E-state index contributed by atoms with van der Waals surface area (Å²) in [4.78, 5) is 0. The molecule has 90 valence electrons. The number of hydrogen-bond donors (Lipinski definition) is 0. The van der Waals surface area contributed by atoms with E-state index in [0.29, 0.717) is 5.88 Å². The normalized spacial score (nSPS) is 10.5. The molecule has 1 aromatic rings. The molecule has 0 radical (unpaired) electrons. The maximum atomic E-state index is 6.11. The Labute approximate surface area is 108 Å². The minimum Gasteiger partial charge on any atom is -0.493 e. The number of hydrogen-bond acceptors (Lipinski definition) is 1. The van der Waals surface area contributed by atoms with Crippen molar-refractivity contribution in [2.75, 3.05) is 12.5 Å². The van der Waals surface area contributed by atoms with Gasteiger partial charge in [-0.2, -0.15) is 0 Å². The van der Waals surface area contributed by atoms with Crippen molar-refractivity contribution in [3.8, 4) is 5.75 Å². The zero-order chi connectivity index (χ0) is 12.0. The monoisotopic (exact) mass is 260 g/mol. The third-order valence-corrected chi connectivity index (χ3v) is 3.06. The zero-order valence-electron chi connectivity index (χ0n) is 9.85. The average molecular weight is 261 g/mol. The van der Waals surface area contributed by atoms with Gasteiger partial charge in [0.05, 0.1) is 6.61 Å². The molecule has 0 heterocycles. The van der Waals surface area contributed by atoms with Crippen LogP contribution in [0.2, 0.25) is 5.02 Å². The fraction of sp³-hybridized carbons (Fsp3) is 0.538. The van der Waals surface area contributed by atoms with E-state index in [2.05, 4.69) is 6.92 Å². The Balaban J connectivity index is 2.87. The highest BCUT2D eigenvalue weighted by Crippen LogP contribution is 2.28. The van der Waals surface area contributed by atoms with Crippen molar-refractivity contribution in [2.24, 2.45) is 0 Å². The summed E-state index contributed by atoms with van der Waals surface area (Å²) in [6.45, 7) is 4.84. The fourth-order valence-corrected chi connectivity index (χ4v) is 1.82. The molecule has 0 N–H and O–H groups in total. The molecule has 0 aliphatic heterocycles. The van der Waals surface area contributed by atoms with Crippen molar-refractivity contribution in [2.45, 2.75) is 33.1 Å². The van der Waals surface area contributed by atoms with E-state index in [1.54, 1.807) is 0 Å². The van der Waals surface area contributed by atoms with Gasteiger partial charge in [-0.15, -0.1) is 11.6 Å². The van der Waals surface area contributed by atoms with Gasteiger partial charge in [0.15, 0.2) is 0 Å². The van der Waals surface area contributed by atoms with Crippen molar-refractivity contribution in [3.63, 3.8) is 0 Å². The summed E-state index contributed by atoms with van der Waals surface area (Å²) in [6.07, 6.45) is 2.88. The Bertz CT molecular complexity index is 304. The summed E-state index contributed by atoms with van der Waals surface area (Å²) in [7, 11) is 0. The van der Waals surface area contributed by atoms with Gasteiger partial charge in [0.2, 0.25) is 0 Å². The van der Waals surface area contributed by atoms with E-state index in [4.69, 9.17) is 27.9 Å². The van der Waals surface area contributed by atoms with Gasteiger partial charge >= 0.3 is 0 Å². The fourth-order valence-electron chi connectivity index (χ4n) is 1.50. The van der Waals surface area contributed by atoms with Crippen molar-refractivity contribution >= 4 is 23.2 Å². The van der Waals surface area contributed by atoms with E-state index in [0.717, 1.165) is 47.8 Å². The van der Waals surface area contributed by atoms with Crippen LogP contribution in [0.3, 0.4) is 0 Å². The van der Waals surface area contributed by atoms with Crippen molar-refractivity contribution < 1.29 is 4.74 Å². The Kier molecular flexibility index (Phi) is 6.00. The predicted molar refractivity (Wildman–Crippen MR) is 71.0 cm³/mol. The van der Waals surface area contributed by atoms with Crippen LogP contribution in [0.4, 0.5) is 0 Å². The highest BCUT2D eigenvalue weighted by molar-refractivity contribution is 6.31. The zero-order valence-corrected chi connectivity index (χ0v) is 11.4. The molecule has 0 saturated carbocycles. The number of ether oxygens (including phenoxy) is 1. The molecular weight excluding hydrogens is 243 g/mol. The summed E-state index contributed by atoms with van der Waals surface area (Å²) < 4.78 is 5.72. The second kappa shape index (κ2) is 7.03. The van der Waals surface area contributed by atoms with Crippen LogP contribution in [-0.4, -0.2) is 12.5 Å².